The summed E-state index contributed by atoms with van der Waals surface area (Å²) < 4.78 is 64.5. The highest BCUT2D eigenvalue weighted by Gasteiger charge is 2.36. The average Bonchev–Trinajstić information content (AvgIpc) is 2.72. The maximum absolute atomic E-state index is 13.8. The summed E-state index contributed by atoms with van der Waals surface area (Å²) in [6, 6.07) is 1.31. The topological polar surface area (TPSA) is 33.1 Å². The maximum Gasteiger partial charge on any atom is 0.419 e. The van der Waals surface area contributed by atoms with Crippen LogP contribution in [0.2, 0.25) is 0 Å². The first-order valence-electron chi connectivity index (χ1n) is 5.38. The lowest BCUT2D eigenvalue weighted by molar-refractivity contribution is -0.140. The Labute approximate surface area is 114 Å². The van der Waals surface area contributed by atoms with Crippen LogP contribution in [0, 0.1) is 18.6 Å². The van der Waals surface area contributed by atoms with Crippen molar-refractivity contribution >= 4 is 11.3 Å². The molecule has 1 N–H and O–H groups in total. The Bertz CT molecular complexity index is 650. The third-order valence-corrected chi connectivity index (χ3v) is 3.83. The van der Waals surface area contributed by atoms with E-state index in [1.54, 1.807) is 6.92 Å². The molecule has 0 aliphatic heterocycles. The van der Waals surface area contributed by atoms with Crippen LogP contribution in [0.1, 0.15) is 16.1 Å². The highest BCUT2D eigenvalue weighted by Crippen LogP contribution is 2.37. The minimum absolute atomic E-state index is 0.0247. The van der Waals surface area contributed by atoms with E-state index in [2.05, 4.69) is 4.98 Å². The molecule has 0 bridgehead atoms. The zero-order valence-electron chi connectivity index (χ0n) is 10.1. The van der Waals surface area contributed by atoms with Crippen LogP contribution >= 0.6 is 11.3 Å². The molecule has 8 heteroatoms. The molecule has 2 nitrogen and oxygen atoms in total. The third kappa shape index (κ3) is 2.53. The second kappa shape index (κ2) is 5.10. The van der Waals surface area contributed by atoms with Crippen LogP contribution in [0.4, 0.5) is 22.0 Å². The van der Waals surface area contributed by atoms with Crippen molar-refractivity contribution in [2.24, 2.45) is 0 Å². The lowest BCUT2D eigenvalue weighted by atomic mass is 10.1. The van der Waals surface area contributed by atoms with Gasteiger partial charge in [-0.25, -0.2) is 13.8 Å². The summed E-state index contributed by atoms with van der Waals surface area (Å²) in [6.45, 7) is 1.23. The first-order valence-corrected chi connectivity index (χ1v) is 6.20. The fourth-order valence-corrected chi connectivity index (χ4v) is 2.56. The number of halogens is 5. The van der Waals surface area contributed by atoms with Crippen LogP contribution in [-0.2, 0) is 12.8 Å². The van der Waals surface area contributed by atoms with Crippen molar-refractivity contribution in [3.8, 4) is 10.6 Å². The second-order valence-corrected chi connectivity index (χ2v) is 5.06. The third-order valence-electron chi connectivity index (χ3n) is 2.65. The van der Waals surface area contributed by atoms with Gasteiger partial charge >= 0.3 is 6.18 Å². The Morgan fingerprint density at radius 1 is 1.20 bits per heavy atom. The molecule has 0 amide bonds. The molecule has 0 atom stereocenters. The number of nitrogens with zero attached hydrogens (tertiary/aromatic N) is 1. The molecular formula is C12H8F5NOS. The van der Waals surface area contributed by atoms with Gasteiger partial charge in [-0.2, -0.15) is 13.2 Å². The molecule has 2 rings (SSSR count). The Kier molecular flexibility index (Phi) is 3.79. The average molecular weight is 309 g/mol. The fourth-order valence-electron chi connectivity index (χ4n) is 1.62. The molecule has 1 heterocycles. The Hall–Kier alpha value is -1.54. The van der Waals surface area contributed by atoms with Crippen molar-refractivity contribution in [1.29, 1.82) is 0 Å². The summed E-state index contributed by atoms with van der Waals surface area (Å²) in [5, 5.41) is 9.03. The van der Waals surface area contributed by atoms with Crippen LogP contribution in [-0.4, -0.2) is 10.1 Å². The fraction of sp³-hybridized carbons (Fsp3) is 0.250. The SMILES string of the molecule is Cc1nc(-c2ccc(C(F)(F)F)c(F)c2F)sc1CO. The van der Waals surface area contributed by atoms with Crippen LogP contribution in [0.25, 0.3) is 10.6 Å². The van der Waals surface area contributed by atoms with Crippen LogP contribution < -0.4 is 0 Å². The Morgan fingerprint density at radius 2 is 1.85 bits per heavy atom. The van der Waals surface area contributed by atoms with Gasteiger partial charge in [-0.05, 0) is 19.1 Å². The number of hydrogen-bond acceptors (Lipinski definition) is 3. The molecule has 108 valence electrons. The predicted molar refractivity (Wildman–Crippen MR) is 63.1 cm³/mol. The number of alkyl halides is 3. The van der Waals surface area contributed by atoms with Crippen molar-refractivity contribution in [1.82, 2.24) is 4.98 Å². The Morgan fingerprint density at radius 3 is 2.35 bits per heavy atom. The predicted octanol–water partition coefficient (Wildman–Crippen LogP) is 3.91. The molecular weight excluding hydrogens is 301 g/mol. The van der Waals surface area contributed by atoms with Gasteiger partial charge in [-0.1, -0.05) is 0 Å². The molecule has 0 saturated carbocycles. The number of benzene rings is 1. The summed E-state index contributed by atoms with van der Waals surface area (Å²) in [5.41, 5.74) is -1.59. The molecule has 0 aliphatic carbocycles. The number of aromatic nitrogens is 1. The van der Waals surface area contributed by atoms with Gasteiger partial charge in [-0.15, -0.1) is 11.3 Å². The van der Waals surface area contributed by atoms with E-state index in [9.17, 15) is 22.0 Å². The highest BCUT2D eigenvalue weighted by atomic mass is 32.1. The number of aryl methyl sites for hydroxylation is 1. The standard InChI is InChI=1S/C12H8F5NOS/c1-5-8(4-19)20-11(18-5)6-2-3-7(12(15,16)17)10(14)9(6)13/h2-3,19H,4H2,1H3. The zero-order chi connectivity index (χ0) is 15.1. The van der Waals surface area contributed by atoms with Crippen LogP contribution in [0.3, 0.4) is 0 Å². The molecule has 0 spiro atoms. The second-order valence-electron chi connectivity index (χ2n) is 3.97. The molecule has 20 heavy (non-hydrogen) atoms. The minimum Gasteiger partial charge on any atom is -0.391 e. The quantitative estimate of drug-likeness (QED) is 0.853. The van der Waals surface area contributed by atoms with Gasteiger partial charge < -0.3 is 5.11 Å². The molecule has 1 aromatic carbocycles. The summed E-state index contributed by atoms with van der Waals surface area (Å²) in [5.74, 6) is -3.55. The monoisotopic (exact) mass is 309 g/mol. The number of hydrogen-bond donors (Lipinski definition) is 1. The first-order chi connectivity index (χ1) is 9.25. The van der Waals surface area contributed by atoms with E-state index in [4.69, 9.17) is 5.11 Å². The van der Waals surface area contributed by atoms with E-state index in [0.717, 1.165) is 17.4 Å². The molecule has 2 aromatic rings. The van der Waals surface area contributed by atoms with Crippen LogP contribution in [0.15, 0.2) is 12.1 Å². The number of aliphatic hydroxyl groups excluding tert-OH is 1. The molecule has 0 aliphatic rings. The zero-order valence-corrected chi connectivity index (χ0v) is 10.9. The molecule has 0 radical (unpaired) electrons. The van der Waals surface area contributed by atoms with Crippen molar-refractivity contribution in [2.75, 3.05) is 0 Å². The van der Waals surface area contributed by atoms with E-state index in [0.29, 0.717) is 16.6 Å². The van der Waals surface area contributed by atoms with Gasteiger partial charge in [0.05, 0.1) is 22.7 Å². The van der Waals surface area contributed by atoms with Gasteiger partial charge in [0.1, 0.15) is 5.01 Å². The smallest absolute Gasteiger partial charge is 0.391 e. The molecule has 0 fully saturated rings. The maximum atomic E-state index is 13.8. The lowest BCUT2D eigenvalue weighted by Gasteiger charge is -2.09. The van der Waals surface area contributed by atoms with Gasteiger partial charge in [-0.3, -0.25) is 0 Å². The Balaban J connectivity index is 2.56. The van der Waals surface area contributed by atoms with E-state index in [1.807, 2.05) is 0 Å². The van der Waals surface area contributed by atoms with Gasteiger partial charge in [0, 0.05) is 5.56 Å². The number of aliphatic hydroxyl groups is 1. The van der Waals surface area contributed by atoms with E-state index < -0.39 is 23.4 Å². The van der Waals surface area contributed by atoms with Crippen molar-refractivity contribution in [3.05, 3.63) is 39.9 Å². The van der Waals surface area contributed by atoms with Crippen molar-refractivity contribution in [2.45, 2.75) is 19.7 Å². The molecule has 0 saturated heterocycles. The van der Waals surface area contributed by atoms with Gasteiger partial charge in [0.15, 0.2) is 11.6 Å². The largest absolute Gasteiger partial charge is 0.419 e. The summed E-state index contributed by atoms with van der Waals surface area (Å²) >= 11 is 0.900. The first kappa shape index (κ1) is 14.9. The molecule has 0 unspecified atom stereocenters. The normalized spacial score (nSPS) is 11.9. The number of rotatable bonds is 2. The lowest BCUT2D eigenvalue weighted by Crippen LogP contribution is -2.10. The van der Waals surface area contributed by atoms with E-state index in [1.165, 1.54) is 0 Å². The van der Waals surface area contributed by atoms with Crippen LogP contribution in [0.5, 0.6) is 0 Å². The molecule has 1 aromatic heterocycles. The highest BCUT2D eigenvalue weighted by molar-refractivity contribution is 7.15. The summed E-state index contributed by atoms with van der Waals surface area (Å²) in [6.07, 6.45) is -4.96. The summed E-state index contributed by atoms with van der Waals surface area (Å²) in [4.78, 5) is 4.36. The summed E-state index contributed by atoms with van der Waals surface area (Å²) in [7, 11) is 0. The van der Waals surface area contributed by atoms with Crippen molar-refractivity contribution in [3.63, 3.8) is 0 Å². The van der Waals surface area contributed by atoms with Crippen molar-refractivity contribution < 1.29 is 27.1 Å². The van der Waals surface area contributed by atoms with E-state index in [-0.39, 0.29) is 17.2 Å². The van der Waals surface area contributed by atoms with E-state index >= 15 is 0 Å². The van der Waals surface area contributed by atoms with Gasteiger partial charge in [0.2, 0.25) is 0 Å². The number of thiazole rings is 1. The van der Waals surface area contributed by atoms with Gasteiger partial charge in [0.25, 0.3) is 0 Å². The minimum atomic E-state index is -4.96.